The molecule has 3 rings (SSSR count). The summed E-state index contributed by atoms with van der Waals surface area (Å²) in [6, 6.07) is 10.6. The number of hydrogen-bond donors (Lipinski definition) is 2. The molecule has 3 amide bonds. The molecule has 1 saturated heterocycles. The van der Waals surface area contributed by atoms with Crippen molar-refractivity contribution in [2.45, 2.75) is 19.0 Å². The lowest BCUT2D eigenvalue weighted by Crippen LogP contribution is -2.43. The van der Waals surface area contributed by atoms with Gasteiger partial charge in [0.2, 0.25) is 5.91 Å². The number of halogens is 1. The number of anilines is 1. The summed E-state index contributed by atoms with van der Waals surface area (Å²) in [7, 11) is 0. The Balaban J connectivity index is 1.53. The van der Waals surface area contributed by atoms with E-state index in [0.717, 1.165) is 10.6 Å². The number of nitrogens with zero attached hydrogens (tertiary/aromatic N) is 1. The Morgan fingerprint density at radius 2 is 2.09 bits per heavy atom. The summed E-state index contributed by atoms with van der Waals surface area (Å²) in [5.74, 6) is -0.00382. The first kappa shape index (κ1) is 15.8. The van der Waals surface area contributed by atoms with Crippen LogP contribution in [-0.2, 0) is 11.3 Å². The Morgan fingerprint density at radius 1 is 1.30 bits per heavy atom. The number of thiophene rings is 1. The fraction of sp³-hybridized carbons (Fsp3) is 0.250. The quantitative estimate of drug-likeness (QED) is 0.891. The number of carbonyl (C=O) groups is 2. The monoisotopic (exact) mass is 349 g/mol. The van der Waals surface area contributed by atoms with Crippen molar-refractivity contribution in [1.29, 1.82) is 0 Å². The van der Waals surface area contributed by atoms with Crippen molar-refractivity contribution in [3.05, 3.63) is 51.7 Å². The lowest BCUT2D eigenvalue weighted by Gasteiger charge is -2.17. The van der Waals surface area contributed by atoms with Gasteiger partial charge >= 0.3 is 6.03 Å². The van der Waals surface area contributed by atoms with Gasteiger partial charge < -0.3 is 15.5 Å². The van der Waals surface area contributed by atoms with Crippen molar-refractivity contribution < 1.29 is 9.59 Å². The van der Waals surface area contributed by atoms with Gasteiger partial charge in [0.25, 0.3) is 0 Å². The Kier molecular flexibility index (Phi) is 4.83. The third-order valence-electron chi connectivity index (χ3n) is 3.60. The molecule has 0 bridgehead atoms. The molecule has 5 nitrogen and oxygen atoms in total. The van der Waals surface area contributed by atoms with Crippen molar-refractivity contribution in [2.24, 2.45) is 0 Å². The van der Waals surface area contributed by atoms with E-state index in [1.54, 1.807) is 40.5 Å². The van der Waals surface area contributed by atoms with E-state index < -0.39 is 0 Å². The fourth-order valence-corrected chi connectivity index (χ4v) is 3.26. The fourth-order valence-electron chi connectivity index (χ4n) is 2.49. The maximum Gasteiger partial charge on any atom is 0.315 e. The van der Waals surface area contributed by atoms with E-state index >= 15 is 0 Å². The van der Waals surface area contributed by atoms with Gasteiger partial charge in [-0.05, 0) is 35.7 Å². The molecule has 1 unspecified atom stereocenters. The second-order valence-corrected chi connectivity index (χ2v) is 6.76. The number of nitrogens with one attached hydrogen (secondary N) is 2. The molecular weight excluding hydrogens is 334 g/mol. The average molecular weight is 350 g/mol. The molecule has 1 aromatic heterocycles. The molecule has 120 valence electrons. The summed E-state index contributed by atoms with van der Waals surface area (Å²) in [4.78, 5) is 26.8. The van der Waals surface area contributed by atoms with Crippen LogP contribution in [0.5, 0.6) is 0 Å². The Morgan fingerprint density at radius 3 is 2.78 bits per heavy atom. The summed E-state index contributed by atoms with van der Waals surface area (Å²) >= 11 is 7.45. The van der Waals surface area contributed by atoms with E-state index in [-0.39, 0.29) is 18.0 Å². The number of amides is 3. The highest BCUT2D eigenvalue weighted by Gasteiger charge is 2.31. The summed E-state index contributed by atoms with van der Waals surface area (Å²) in [6.45, 7) is 0.956. The first-order valence-corrected chi connectivity index (χ1v) is 8.50. The van der Waals surface area contributed by atoms with E-state index in [9.17, 15) is 9.59 Å². The molecule has 1 aliphatic rings. The van der Waals surface area contributed by atoms with Gasteiger partial charge in [0.1, 0.15) is 0 Å². The first-order chi connectivity index (χ1) is 11.1. The van der Waals surface area contributed by atoms with E-state index in [1.165, 1.54) is 0 Å². The predicted octanol–water partition coefficient (Wildman–Crippen LogP) is 3.01. The van der Waals surface area contributed by atoms with Crippen LogP contribution in [0, 0.1) is 0 Å². The van der Waals surface area contributed by atoms with Gasteiger partial charge in [0.05, 0.1) is 12.6 Å². The van der Waals surface area contributed by atoms with Gasteiger partial charge in [-0.3, -0.25) is 4.79 Å². The Bertz CT molecular complexity index is 688. The first-order valence-electron chi connectivity index (χ1n) is 7.24. The third-order valence-corrected chi connectivity index (χ3v) is 4.73. The second-order valence-electron chi connectivity index (χ2n) is 5.29. The van der Waals surface area contributed by atoms with Crippen molar-refractivity contribution in [3.8, 4) is 0 Å². The van der Waals surface area contributed by atoms with Crippen LogP contribution in [0.25, 0.3) is 0 Å². The Hall–Kier alpha value is -2.05. The van der Waals surface area contributed by atoms with Crippen molar-refractivity contribution in [2.75, 3.05) is 11.4 Å². The van der Waals surface area contributed by atoms with Crippen LogP contribution in [0.2, 0.25) is 5.02 Å². The third kappa shape index (κ3) is 4.03. The zero-order valence-electron chi connectivity index (χ0n) is 12.3. The number of rotatable bonds is 4. The zero-order chi connectivity index (χ0) is 16.2. The highest BCUT2D eigenvalue weighted by atomic mass is 35.5. The molecule has 1 atom stereocenters. The summed E-state index contributed by atoms with van der Waals surface area (Å²) in [5, 5.41) is 8.25. The van der Waals surface area contributed by atoms with Crippen molar-refractivity contribution >= 4 is 40.6 Å². The van der Waals surface area contributed by atoms with Gasteiger partial charge in [-0.1, -0.05) is 17.7 Å². The maximum absolute atomic E-state index is 12.1. The normalized spacial score (nSPS) is 17.3. The predicted molar refractivity (Wildman–Crippen MR) is 91.9 cm³/mol. The molecule has 0 spiro atoms. The number of urea groups is 1. The number of hydrogen-bond acceptors (Lipinski definition) is 3. The van der Waals surface area contributed by atoms with E-state index in [4.69, 9.17) is 11.6 Å². The molecule has 0 saturated carbocycles. The highest BCUT2D eigenvalue weighted by Crippen LogP contribution is 2.23. The molecule has 1 fully saturated rings. The van der Waals surface area contributed by atoms with E-state index in [0.29, 0.717) is 24.5 Å². The SMILES string of the molecule is O=C(NCc1cccs1)NC1CC(=O)N(c2ccc(Cl)cc2)C1. The van der Waals surface area contributed by atoms with Crippen LogP contribution in [-0.4, -0.2) is 24.5 Å². The van der Waals surface area contributed by atoms with Gasteiger partial charge in [0.15, 0.2) is 0 Å². The van der Waals surface area contributed by atoms with Crippen LogP contribution in [0.1, 0.15) is 11.3 Å². The van der Waals surface area contributed by atoms with Gasteiger partial charge in [-0.2, -0.15) is 0 Å². The average Bonchev–Trinajstić information content (AvgIpc) is 3.16. The zero-order valence-corrected chi connectivity index (χ0v) is 13.9. The topological polar surface area (TPSA) is 61.4 Å². The minimum absolute atomic E-state index is 0.00382. The van der Waals surface area contributed by atoms with Gasteiger partial charge in [-0.15, -0.1) is 11.3 Å². The van der Waals surface area contributed by atoms with Crippen LogP contribution in [0.4, 0.5) is 10.5 Å². The lowest BCUT2D eigenvalue weighted by molar-refractivity contribution is -0.117. The van der Waals surface area contributed by atoms with Crippen LogP contribution >= 0.6 is 22.9 Å². The molecule has 0 radical (unpaired) electrons. The molecular formula is C16H16ClN3O2S. The standard InChI is InChI=1S/C16H16ClN3O2S/c17-11-3-5-13(6-4-11)20-10-12(8-15(20)21)19-16(22)18-9-14-2-1-7-23-14/h1-7,12H,8-10H2,(H2,18,19,22). The highest BCUT2D eigenvalue weighted by molar-refractivity contribution is 7.09. The molecule has 2 heterocycles. The molecule has 7 heteroatoms. The lowest BCUT2D eigenvalue weighted by atomic mass is 10.2. The largest absolute Gasteiger partial charge is 0.333 e. The molecule has 2 N–H and O–H groups in total. The minimum Gasteiger partial charge on any atom is -0.333 e. The van der Waals surface area contributed by atoms with E-state index in [1.807, 2.05) is 17.5 Å². The van der Waals surface area contributed by atoms with Crippen LogP contribution in [0.3, 0.4) is 0 Å². The van der Waals surface area contributed by atoms with Crippen LogP contribution in [0.15, 0.2) is 41.8 Å². The minimum atomic E-state index is -0.255. The van der Waals surface area contributed by atoms with Crippen LogP contribution < -0.4 is 15.5 Å². The van der Waals surface area contributed by atoms with Gasteiger partial charge in [-0.25, -0.2) is 4.79 Å². The molecule has 2 aromatic rings. The summed E-state index contributed by atoms with van der Waals surface area (Å²) < 4.78 is 0. The maximum atomic E-state index is 12.1. The van der Waals surface area contributed by atoms with Crippen molar-refractivity contribution in [1.82, 2.24) is 10.6 Å². The molecule has 1 aliphatic heterocycles. The number of carbonyl (C=O) groups excluding carboxylic acids is 2. The molecule has 1 aromatic carbocycles. The summed E-state index contributed by atoms with van der Waals surface area (Å²) in [6.07, 6.45) is 0.301. The second kappa shape index (κ2) is 7.02. The summed E-state index contributed by atoms with van der Waals surface area (Å²) in [5.41, 5.74) is 0.794. The van der Waals surface area contributed by atoms with E-state index in [2.05, 4.69) is 10.6 Å². The number of benzene rings is 1. The van der Waals surface area contributed by atoms with Crippen molar-refractivity contribution in [3.63, 3.8) is 0 Å². The molecule has 0 aliphatic carbocycles. The smallest absolute Gasteiger partial charge is 0.315 e. The van der Waals surface area contributed by atoms with Gasteiger partial charge in [0, 0.05) is 28.6 Å². The Labute approximate surface area is 143 Å². The molecule has 23 heavy (non-hydrogen) atoms.